The molecule has 2 heterocycles. The number of aliphatic hydroxyl groups excluding tert-OH is 2. The lowest BCUT2D eigenvalue weighted by Crippen LogP contribution is -2.46. The number of aromatic nitrogens is 2. The summed E-state index contributed by atoms with van der Waals surface area (Å²) in [4.78, 5) is 8.66. The average molecular weight is 291 g/mol. The van der Waals surface area contributed by atoms with Crippen LogP contribution in [-0.2, 0) is 12.7 Å². The summed E-state index contributed by atoms with van der Waals surface area (Å²) in [6.45, 7) is 2.70. The molecule has 0 aliphatic carbocycles. The van der Waals surface area contributed by atoms with E-state index in [1.165, 1.54) is 13.1 Å². The number of hydrogen-bond donors (Lipinski definition) is 2. The number of nitrogens with zero attached hydrogens (tertiary/aromatic N) is 3. The molecule has 2 N–H and O–H groups in total. The number of aryl methyl sites for hydroxylation is 1. The third-order valence-corrected chi connectivity index (χ3v) is 3.36. The number of rotatable bonds is 2. The van der Waals surface area contributed by atoms with Crippen LogP contribution in [0, 0.1) is 6.92 Å². The molecule has 1 aliphatic heterocycles. The van der Waals surface area contributed by atoms with E-state index >= 15 is 0 Å². The van der Waals surface area contributed by atoms with Crippen molar-refractivity contribution in [3.63, 3.8) is 0 Å². The maximum absolute atomic E-state index is 12.5. The van der Waals surface area contributed by atoms with Crippen LogP contribution in [0.4, 0.5) is 13.2 Å². The molecule has 0 spiro atoms. The van der Waals surface area contributed by atoms with Gasteiger partial charge in [0.05, 0.1) is 12.2 Å². The molecule has 0 saturated carbocycles. The van der Waals surface area contributed by atoms with E-state index in [0.29, 0.717) is 25.1 Å². The van der Waals surface area contributed by atoms with Crippen LogP contribution in [0.3, 0.4) is 0 Å². The summed E-state index contributed by atoms with van der Waals surface area (Å²) in [6, 6.07) is 0. The zero-order chi connectivity index (χ0) is 14.9. The quantitative estimate of drug-likeness (QED) is 0.841. The maximum atomic E-state index is 12.5. The molecule has 1 saturated heterocycles. The van der Waals surface area contributed by atoms with Gasteiger partial charge in [0.1, 0.15) is 0 Å². The fraction of sp³-hybridized carbons (Fsp3) is 0.667. The van der Waals surface area contributed by atoms with E-state index in [-0.39, 0.29) is 12.2 Å². The molecule has 0 bridgehead atoms. The van der Waals surface area contributed by atoms with Crippen molar-refractivity contribution in [3.05, 3.63) is 23.3 Å². The van der Waals surface area contributed by atoms with Crippen molar-refractivity contribution in [1.82, 2.24) is 14.9 Å². The Morgan fingerprint density at radius 2 is 2.05 bits per heavy atom. The second-order valence-corrected chi connectivity index (χ2v) is 4.96. The topological polar surface area (TPSA) is 69.5 Å². The van der Waals surface area contributed by atoms with E-state index in [1.54, 1.807) is 0 Å². The number of halogens is 3. The molecule has 112 valence electrons. The van der Waals surface area contributed by atoms with Crippen molar-refractivity contribution in [2.75, 3.05) is 13.1 Å². The fourth-order valence-corrected chi connectivity index (χ4v) is 2.15. The van der Waals surface area contributed by atoms with Crippen molar-refractivity contribution < 1.29 is 23.4 Å². The average Bonchev–Trinajstić information content (AvgIpc) is 2.35. The van der Waals surface area contributed by atoms with Crippen LogP contribution in [-0.4, -0.2) is 50.4 Å². The van der Waals surface area contributed by atoms with Gasteiger partial charge in [0.2, 0.25) is 5.82 Å². The van der Waals surface area contributed by atoms with E-state index in [0.717, 1.165) is 0 Å². The first kappa shape index (κ1) is 15.1. The zero-order valence-electron chi connectivity index (χ0n) is 10.9. The lowest BCUT2D eigenvalue weighted by atomic mass is 10.0. The smallest absolute Gasteiger partial charge is 0.390 e. The summed E-state index contributed by atoms with van der Waals surface area (Å²) in [7, 11) is 0. The second kappa shape index (κ2) is 5.63. The third-order valence-electron chi connectivity index (χ3n) is 3.36. The first-order valence-electron chi connectivity index (χ1n) is 6.25. The molecule has 2 rings (SSSR count). The Labute approximate surface area is 114 Å². The van der Waals surface area contributed by atoms with Gasteiger partial charge in [-0.05, 0) is 13.3 Å². The molecule has 2 atom stereocenters. The molecular formula is C12H16F3N3O2. The Hall–Kier alpha value is -1.25. The minimum Gasteiger partial charge on any atom is -0.390 e. The van der Waals surface area contributed by atoms with E-state index in [1.807, 2.05) is 4.90 Å². The van der Waals surface area contributed by atoms with Crippen LogP contribution in [0.2, 0.25) is 0 Å². The molecule has 1 aromatic rings. The number of alkyl halides is 3. The molecule has 1 fully saturated rings. The first-order valence-corrected chi connectivity index (χ1v) is 6.25. The van der Waals surface area contributed by atoms with Gasteiger partial charge in [-0.15, -0.1) is 0 Å². The fourth-order valence-electron chi connectivity index (χ4n) is 2.15. The van der Waals surface area contributed by atoms with Crippen molar-refractivity contribution in [2.45, 2.75) is 38.3 Å². The van der Waals surface area contributed by atoms with Gasteiger partial charge in [-0.25, -0.2) is 9.97 Å². The lowest BCUT2D eigenvalue weighted by Gasteiger charge is -2.33. The summed E-state index contributed by atoms with van der Waals surface area (Å²) < 4.78 is 37.4. The van der Waals surface area contributed by atoms with Crippen LogP contribution < -0.4 is 0 Å². The predicted octanol–water partition coefficient (Wildman–Crippen LogP) is 0.731. The molecule has 0 amide bonds. The monoisotopic (exact) mass is 291 g/mol. The molecular weight excluding hydrogens is 275 g/mol. The normalized spacial score (nSPS) is 24.9. The molecule has 8 heteroatoms. The highest BCUT2D eigenvalue weighted by Gasteiger charge is 2.35. The molecule has 5 nitrogen and oxygen atoms in total. The van der Waals surface area contributed by atoms with Crippen LogP contribution >= 0.6 is 0 Å². The van der Waals surface area contributed by atoms with Gasteiger partial charge in [0.25, 0.3) is 0 Å². The molecule has 0 aromatic carbocycles. The summed E-state index contributed by atoms with van der Waals surface area (Å²) in [5.74, 6) is -1.15. The second-order valence-electron chi connectivity index (χ2n) is 4.96. The van der Waals surface area contributed by atoms with Gasteiger partial charge >= 0.3 is 6.18 Å². The van der Waals surface area contributed by atoms with Gasteiger partial charge in [-0.3, -0.25) is 4.90 Å². The van der Waals surface area contributed by atoms with Crippen LogP contribution in [0.5, 0.6) is 0 Å². The van der Waals surface area contributed by atoms with Crippen molar-refractivity contribution in [1.29, 1.82) is 0 Å². The Kier molecular flexibility index (Phi) is 4.26. The number of likely N-dealkylation sites (tertiary alicyclic amines) is 1. The third kappa shape index (κ3) is 3.44. The van der Waals surface area contributed by atoms with Crippen molar-refractivity contribution in [3.8, 4) is 0 Å². The minimum absolute atomic E-state index is 0.271. The largest absolute Gasteiger partial charge is 0.451 e. The van der Waals surface area contributed by atoms with E-state index in [2.05, 4.69) is 9.97 Å². The predicted molar refractivity (Wildman–Crippen MR) is 63.7 cm³/mol. The van der Waals surface area contributed by atoms with Gasteiger partial charge in [0.15, 0.2) is 0 Å². The van der Waals surface area contributed by atoms with Crippen LogP contribution in [0.25, 0.3) is 0 Å². The Balaban J connectivity index is 2.07. The van der Waals surface area contributed by atoms with Gasteiger partial charge in [0, 0.05) is 37.1 Å². The van der Waals surface area contributed by atoms with Crippen molar-refractivity contribution in [2.24, 2.45) is 0 Å². The van der Waals surface area contributed by atoms with Crippen LogP contribution in [0.1, 0.15) is 23.5 Å². The van der Waals surface area contributed by atoms with E-state index < -0.39 is 24.2 Å². The minimum atomic E-state index is -4.55. The molecule has 1 aliphatic rings. The molecule has 0 radical (unpaired) electrons. The number of piperidine rings is 1. The summed E-state index contributed by atoms with van der Waals surface area (Å²) in [6.07, 6.45) is -4.52. The highest BCUT2D eigenvalue weighted by Crippen LogP contribution is 2.26. The summed E-state index contributed by atoms with van der Waals surface area (Å²) in [5.41, 5.74) is 0.856. The number of β-amino-alcohol motifs (C(OH)–C–C–N with tert-alkyl or cyclic N) is 1. The highest BCUT2D eigenvalue weighted by atomic mass is 19.4. The highest BCUT2D eigenvalue weighted by molar-refractivity contribution is 5.17. The van der Waals surface area contributed by atoms with Gasteiger partial charge in [-0.2, -0.15) is 13.2 Å². The Morgan fingerprint density at radius 3 is 2.60 bits per heavy atom. The number of aliphatic hydroxyl groups is 2. The maximum Gasteiger partial charge on any atom is 0.451 e. The zero-order valence-corrected chi connectivity index (χ0v) is 10.9. The summed E-state index contributed by atoms with van der Waals surface area (Å²) in [5, 5.41) is 19.0. The molecule has 0 unspecified atom stereocenters. The summed E-state index contributed by atoms with van der Waals surface area (Å²) >= 11 is 0. The molecule has 1 aromatic heterocycles. The van der Waals surface area contributed by atoms with E-state index in [9.17, 15) is 23.4 Å². The Morgan fingerprint density at radius 1 is 1.35 bits per heavy atom. The number of hydrogen-bond acceptors (Lipinski definition) is 5. The van der Waals surface area contributed by atoms with Gasteiger partial charge < -0.3 is 10.2 Å². The SMILES string of the molecule is Cc1nc(C(F)(F)F)ncc1CN1CC[C@H](O)[C@@H](O)C1. The van der Waals surface area contributed by atoms with E-state index in [4.69, 9.17) is 0 Å². The first-order chi connectivity index (χ1) is 9.27. The van der Waals surface area contributed by atoms with Crippen LogP contribution in [0.15, 0.2) is 6.20 Å². The molecule has 20 heavy (non-hydrogen) atoms. The van der Waals surface area contributed by atoms with Gasteiger partial charge in [-0.1, -0.05) is 0 Å². The standard InChI is InChI=1S/C12H16F3N3O2/c1-7-8(4-16-11(17-7)12(13,14)15)5-18-3-2-9(19)10(20)6-18/h4,9-10,19-20H,2-3,5-6H2,1H3/t9-,10-/m0/s1. The lowest BCUT2D eigenvalue weighted by molar-refractivity contribution is -0.145. The van der Waals surface area contributed by atoms with Crippen molar-refractivity contribution >= 4 is 0 Å². The Bertz CT molecular complexity index is 482.